The fourth-order valence-corrected chi connectivity index (χ4v) is 5.29. The van der Waals surface area contributed by atoms with Gasteiger partial charge in [0, 0.05) is 40.3 Å². The SMILES string of the molecule is CCOc1cc2c(cc1OC)CCN(C)[C@@H](CSc1c[nH]c3ccc(OC)cc13)C2. The van der Waals surface area contributed by atoms with Crippen molar-refractivity contribution in [1.29, 1.82) is 0 Å². The minimum atomic E-state index is 0.453. The number of benzene rings is 2. The molecule has 1 atom stereocenters. The van der Waals surface area contributed by atoms with E-state index in [-0.39, 0.29) is 0 Å². The van der Waals surface area contributed by atoms with E-state index in [4.69, 9.17) is 14.2 Å². The third-order valence-electron chi connectivity index (χ3n) is 5.88. The molecule has 4 rings (SSSR count). The molecule has 30 heavy (non-hydrogen) atoms. The maximum atomic E-state index is 5.83. The molecule has 5 nitrogen and oxygen atoms in total. The van der Waals surface area contributed by atoms with Crippen molar-refractivity contribution < 1.29 is 14.2 Å². The molecule has 2 heterocycles. The van der Waals surface area contributed by atoms with E-state index in [1.54, 1.807) is 14.2 Å². The van der Waals surface area contributed by atoms with Crippen LogP contribution in [-0.2, 0) is 12.8 Å². The third kappa shape index (κ3) is 4.25. The van der Waals surface area contributed by atoms with E-state index in [9.17, 15) is 0 Å². The highest BCUT2D eigenvalue weighted by atomic mass is 32.2. The number of aromatic amines is 1. The largest absolute Gasteiger partial charge is 0.497 e. The van der Waals surface area contributed by atoms with Crippen LogP contribution in [0.1, 0.15) is 18.1 Å². The number of likely N-dealkylation sites (N-methyl/N-ethyl adjacent to an activating group) is 1. The monoisotopic (exact) mass is 426 g/mol. The zero-order valence-corrected chi connectivity index (χ0v) is 19.0. The lowest BCUT2D eigenvalue weighted by Crippen LogP contribution is -2.35. The normalized spacial score (nSPS) is 16.9. The molecule has 1 aliphatic heterocycles. The van der Waals surface area contributed by atoms with Crippen LogP contribution in [0.3, 0.4) is 0 Å². The number of rotatable bonds is 7. The predicted octanol–water partition coefficient (Wildman–Crippen LogP) is 4.78. The predicted molar refractivity (Wildman–Crippen MR) is 124 cm³/mol. The van der Waals surface area contributed by atoms with E-state index >= 15 is 0 Å². The molecule has 0 saturated carbocycles. The van der Waals surface area contributed by atoms with Gasteiger partial charge in [-0.1, -0.05) is 0 Å². The number of ether oxygens (including phenoxy) is 3. The van der Waals surface area contributed by atoms with Gasteiger partial charge in [-0.2, -0.15) is 0 Å². The second-order valence-electron chi connectivity index (χ2n) is 7.67. The summed E-state index contributed by atoms with van der Waals surface area (Å²) in [6, 6.07) is 11.0. The van der Waals surface area contributed by atoms with Crippen LogP contribution in [0.2, 0.25) is 0 Å². The average Bonchev–Trinajstić information content (AvgIpc) is 3.10. The Morgan fingerprint density at radius 3 is 2.70 bits per heavy atom. The Hall–Kier alpha value is -2.31. The quantitative estimate of drug-likeness (QED) is 0.551. The Morgan fingerprint density at radius 2 is 1.93 bits per heavy atom. The molecule has 1 N–H and O–H groups in total. The summed E-state index contributed by atoms with van der Waals surface area (Å²) >= 11 is 1.91. The molecular formula is C24H30N2O3S. The van der Waals surface area contributed by atoms with Gasteiger partial charge < -0.3 is 24.1 Å². The molecule has 0 unspecified atom stereocenters. The number of fused-ring (bicyclic) bond motifs is 2. The zero-order valence-electron chi connectivity index (χ0n) is 18.2. The van der Waals surface area contributed by atoms with Crippen LogP contribution < -0.4 is 14.2 Å². The van der Waals surface area contributed by atoms with Crippen LogP contribution in [0.25, 0.3) is 10.9 Å². The molecule has 0 radical (unpaired) electrons. The Balaban J connectivity index is 1.54. The summed E-state index contributed by atoms with van der Waals surface area (Å²) in [7, 11) is 5.66. The molecule has 0 spiro atoms. The molecule has 2 aromatic carbocycles. The molecule has 3 aromatic rings. The summed E-state index contributed by atoms with van der Waals surface area (Å²) in [6.07, 6.45) is 4.14. The van der Waals surface area contributed by atoms with Crippen molar-refractivity contribution in [2.75, 3.05) is 40.2 Å². The first-order valence-corrected chi connectivity index (χ1v) is 11.4. The number of aromatic nitrogens is 1. The molecule has 0 aliphatic carbocycles. The van der Waals surface area contributed by atoms with Crippen molar-refractivity contribution in [1.82, 2.24) is 9.88 Å². The van der Waals surface area contributed by atoms with Crippen molar-refractivity contribution in [3.63, 3.8) is 0 Å². The highest BCUT2D eigenvalue weighted by Gasteiger charge is 2.24. The average molecular weight is 427 g/mol. The van der Waals surface area contributed by atoms with Crippen LogP contribution in [-0.4, -0.2) is 56.1 Å². The van der Waals surface area contributed by atoms with Crippen molar-refractivity contribution >= 4 is 22.7 Å². The number of nitrogens with zero attached hydrogens (tertiary/aromatic N) is 1. The summed E-state index contributed by atoms with van der Waals surface area (Å²) in [5.74, 6) is 3.59. The van der Waals surface area contributed by atoms with Crippen molar-refractivity contribution in [2.45, 2.75) is 30.7 Å². The van der Waals surface area contributed by atoms with Gasteiger partial charge in [-0.05, 0) is 68.3 Å². The first-order chi connectivity index (χ1) is 14.6. The number of methoxy groups -OCH3 is 2. The molecule has 6 heteroatoms. The maximum absolute atomic E-state index is 5.83. The second kappa shape index (κ2) is 9.23. The van der Waals surface area contributed by atoms with E-state index in [0.717, 1.165) is 47.9 Å². The van der Waals surface area contributed by atoms with Gasteiger partial charge in [-0.15, -0.1) is 11.8 Å². The molecule has 0 bridgehead atoms. The van der Waals surface area contributed by atoms with Crippen LogP contribution in [0, 0.1) is 0 Å². The van der Waals surface area contributed by atoms with Gasteiger partial charge in [-0.25, -0.2) is 0 Å². The maximum Gasteiger partial charge on any atom is 0.161 e. The topological polar surface area (TPSA) is 46.7 Å². The molecule has 0 amide bonds. The molecule has 0 fully saturated rings. The van der Waals surface area contributed by atoms with E-state index in [1.807, 2.05) is 24.8 Å². The van der Waals surface area contributed by atoms with E-state index in [0.29, 0.717) is 12.6 Å². The standard InChI is InChI=1S/C24H30N2O3S/c1-5-29-23-12-17-10-18(26(2)9-8-16(17)11-22(23)28-4)15-30-24-14-25-21-7-6-19(27-3)13-20(21)24/h6-7,11-14,18,25H,5,8-10,15H2,1-4H3/t18-/m1/s1. The Labute approximate surface area is 182 Å². The van der Waals surface area contributed by atoms with E-state index in [1.165, 1.54) is 21.4 Å². The summed E-state index contributed by atoms with van der Waals surface area (Å²) in [5, 5.41) is 1.22. The van der Waals surface area contributed by atoms with Crippen LogP contribution in [0.5, 0.6) is 17.2 Å². The number of thioether (sulfide) groups is 1. The third-order valence-corrected chi connectivity index (χ3v) is 7.08. The van der Waals surface area contributed by atoms with Gasteiger partial charge in [-0.3, -0.25) is 0 Å². The number of hydrogen-bond acceptors (Lipinski definition) is 5. The Bertz CT molecular complexity index is 1020. The van der Waals surface area contributed by atoms with Crippen molar-refractivity contribution in [3.8, 4) is 17.2 Å². The fourth-order valence-electron chi connectivity index (χ4n) is 4.08. The lowest BCUT2D eigenvalue weighted by atomic mass is 10.00. The van der Waals surface area contributed by atoms with Gasteiger partial charge >= 0.3 is 0 Å². The van der Waals surface area contributed by atoms with Gasteiger partial charge in [0.2, 0.25) is 0 Å². The van der Waals surface area contributed by atoms with Crippen LogP contribution in [0.15, 0.2) is 41.4 Å². The highest BCUT2D eigenvalue weighted by molar-refractivity contribution is 7.99. The number of nitrogens with one attached hydrogen (secondary N) is 1. The van der Waals surface area contributed by atoms with E-state index in [2.05, 4.69) is 47.4 Å². The van der Waals surface area contributed by atoms with Crippen molar-refractivity contribution in [2.24, 2.45) is 0 Å². The van der Waals surface area contributed by atoms with Gasteiger partial charge in [0.25, 0.3) is 0 Å². The number of H-pyrrole nitrogens is 1. The smallest absolute Gasteiger partial charge is 0.161 e. The summed E-state index contributed by atoms with van der Waals surface area (Å²) in [6.45, 7) is 3.68. The van der Waals surface area contributed by atoms with E-state index < -0.39 is 0 Å². The zero-order chi connectivity index (χ0) is 21.1. The van der Waals surface area contributed by atoms with Crippen LogP contribution >= 0.6 is 11.8 Å². The Morgan fingerprint density at radius 1 is 1.10 bits per heavy atom. The summed E-state index contributed by atoms with van der Waals surface area (Å²) < 4.78 is 16.8. The fraction of sp³-hybridized carbons (Fsp3) is 0.417. The molecular weight excluding hydrogens is 396 g/mol. The van der Waals surface area contributed by atoms with Gasteiger partial charge in [0.15, 0.2) is 11.5 Å². The molecule has 160 valence electrons. The molecule has 0 saturated heterocycles. The Kier molecular flexibility index (Phi) is 6.44. The first-order valence-electron chi connectivity index (χ1n) is 10.4. The molecule has 1 aliphatic rings. The highest BCUT2D eigenvalue weighted by Crippen LogP contribution is 2.35. The lowest BCUT2D eigenvalue weighted by molar-refractivity contribution is 0.272. The van der Waals surface area contributed by atoms with Crippen LogP contribution in [0.4, 0.5) is 0 Å². The summed E-state index contributed by atoms with van der Waals surface area (Å²) in [5.41, 5.74) is 3.88. The van der Waals surface area contributed by atoms with Gasteiger partial charge in [0.05, 0.1) is 20.8 Å². The second-order valence-corrected chi connectivity index (χ2v) is 8.73. The summed E-state index contributed by atoms with van der Waals surface area (Å²) in [4.78, 5) is 7.13. The van der Waals surface area contributed by atoms with Crippen molar-refractivity contribution in [3.05, 3.63) is 47.7 Å². The van der Waals surface area contributed by atoms with Gasteiger partial charge in [0.1, 0.15) is 5.75 Å². The number of hydrogen-bond donors (Lipinski definition) is 1. The lowest BCUT2D eigenvalue weighted by Gasteiger charge is -2.25. The first kappa shape index (κ1) is 20.9. The minimum Gasteiger partial charge on any atom is -0.497 e. The molecule has 1 aromatic heterocycles. The minimum absolute atomic E-state index is 0.453.